The van der Waals surface area contributed by atoms with Crippen LogP contribution in [0.2, 0.25) is 0 Å². The van der Waals surface area contributed by atoms with Crippen molar-refractivity contribution in [1.82, 2.24) is 10.0 Å². The van der Waals surface area contributed by atoms with E-state index in [9.17, 15) is 8.42 Å². The second-order valence-corrected chi connectivity index (χ2v) is 7.42. The van der Waals surface area contributed by atoms with Gasteiger partial charge in [0.2, 0.25) is 10.0 Å². The SMILES string of the molecule is CCC(CC)CNS(=O)(=O)c1cc(CNC)ccc1Br. The number of hydrogen-bond acceptors (Lipinski definition) is 3. The highest BCUT2D eigenvalue weighted by Gasteiger charge is 2.19. The molecule has 0 saturated heterocycles. The monoisotopic (exact) mass is 362 g/mol. The zero-order chi connectivity index (χ0) is 15.2. The minimum atomic E-state index is -3.47. The molecular formula is C14H23BrN2O2S. The maximum atomic E-state index is 12.4. The Hall–Kier alpha value is -0.430. The molecule has 20 heavy (non-hydrogen) atoms. The standard InChI is InChI=1S/C14H23BrN2O2S/c1-4-11(5-2)10-17-20(18,19)14-8-12(9-16-3)6-7-13(14)15/h6-8,11,16-17H,4-5,9-10H2,1-3H3. The summed E-state index contributed by atoms with van der Waals surface area (Å²) in [4.78, 5) is 0.302. The van der Waals surface area contributed by atoms with Crippen LogP contribution in [0.25, 0.3) is 0 Å². The summed E-state index contributed by atoms with van der Waals surface area (Å²) in [5.41, 5.74) is 0.943. The fourth-order valence-electron chi connectivity index (χ4n) is 1.95. The minimum absolute atomic E-state index is 0.302. The summed E-state index contributed by atoms with van der Waals surface area (Å²) < 4.78 is 28.1. The minimum Gasteiger partial charge on any atom is -0.316 e. The predicted molar refractivity (Wildman–Crippen MR) is 86.2 cm³/mol. The smallest absolute Gasteiger partial charge is 0.241 e. The molecule has 114 valence electrons. The van der Waals surface area contributed by atoms with E-state index in [1.165, 1.54) is 0 Å². The van der Waals surface area contributed by atoms with Gasteiger partial charge in [0, 0.05) is 17.6 Å². The van der Waals surface area contributed by atoms with Crippen LogP contribution in [-0.4, -0.2) is 22.0 Å². The van der Waals surface area contributed by atoms with Crippen LogP contribution in [0.15, 0.2) is 27.6 Å². The first-order valence-corrected chi connectivity index (χ1v) is 9.14. The van der Waals surface area contributed by atoms with Crippen LogP contribution in [0.3, 0.4) is 0 Å². The van der Waals surface area contributed by atoms with Gasteiger partial charge >= 0.3 is 0 Å². The first-order valence-electron chi connectivity index (χ1n) is 6.87. The summed E-state index contributed by atoms with van der Waals surface area (Å²) in [6.45, 7) is 5.28. The number of hydrogen-bond donors (Lipinski definition) is 2. The number of nitrogens with one attached hydrogen (secondary N) is 2. The highest BCUT2D eigenvalue weighted by atomic mass is 79.9. The van der Waals surface area contributed by atoms with Gasteiger partial charge < -0.3 is 5.32 Å². The molecule has 0 fully saturated rings. The maximum Gasteiger partial charge on any atom is 0.241 e. The van der Waals surface area contributed by atoms with Crippen molar-refractivity contribution in [2.75, 3.05) is 13.6 Å². The third-order valence-electron chi connectivity index (χ3n) is 3.38. The van der Waals surface area contributed by atoms with Gasteiger partial charge in [0.15, 0.2) is 0 Å². The van der Waals surface area contributed by atoms with Gasteiger partial charge in [-0.15, -0.1) is 0 Å². The summed E-state index contributed by atoms with van der Waals surface area (Å²) in [6.07, 6.45) is 1.94. The van der Waals surface area contributed by atoms with E-state index in [1.807, 2.05) is 13.1 Å². The molecule has 0 bridgehead atoms. The molecular weight excluding hydrogens is 340 g/mol. The van der Waals surface area contributed by atoms with E-state index in [0.29, 0.717) is 28.4 Å². The molecule has 0 aliphatic heterocycles. The van der Waals surface area contributed by atoms with Gasteiger partial charge in [0.25, 0.3) is 0 Å². The van der Waals surface area contributed by atoms with Crippen molar-refractivity contribution >= 4 is 26.0 Å². The molecule has 1 rings (SSSR count). The van der Waals surface area contributed by atoms with Gasteiger partial charge in [0.05, 0.1) is 4.90 Å². The molecule has 0 unspecified atom stereocenters. The number of rotatable bonds is 8. The molecule has 0 atom stereocenters. The van der Waals surface area contributed by atoms with E-state index in [2.05, 4.69) is 39.8 Å². The topological polar surface area (TPSA) is 58.2 Å². The average Bonchev–Trinajstić information content (AvgIpc) is 2.42. The number of sulfonamides is 1. The summed E-state index contributed by atoms with van der Waals surface area (Å²) in [5.74, 6) is 0.379. The number of benzene rings is 1. The molecule has 0 aliphatic rings. The Morgan fingerprint density at radius 1 is 1.25 bits per heavy atom. The third-order valence-corrected chi connectivity index (χ3v) is 5.80. The lowest BCUT2D eigenvalue weighted by molar-refractivity contribution is 0.479. The Morgan fingerprint density at radius 2 is 1.90 bits per heavy atom. The molecule has 6 heteroatoms. The van der Waals surface area contributed by atoms with E-state index in [4.69, 9.17) is 0 Å². The van der Waals surface area contributed by atoms with E-state index < -0.39 is 10.0 Å². The lowest BCUT2D eigenvalue weighted by Gasteiger charge is -2.15. The van der Waals surface area contributed by atoms with Gasteiger partial charge in [-0.05, 0) is 46.6 Å². The summed E-state index contributed by atoms with van der Waals surface area (Å²) in [5, 5.41) is 3.02. The van der Waals surface area contributed by atoms with Gasteiger partial charge in [-0.25, -0.2) is 13.1 Å². The van der Waals surface area contributed by atoms with Crippen LogP contribution < -0.4 is 10.0 Å². The third kappa shape index (κ3) is 4.84. The van der Waals surface area contributed by atoms with E-state index in [1.54, 1.807) is 12.1 Å². The van der Waals surface area contributed by atoms with Crippen molar-refractivity contribution in [3.63, 3.8) is 0 Å². The Kier molecular flexibility index (Phi) is 7.15. The van der Waals surface area contributed by atoms with Crippen molar-refractivity contribution in [2.45, 2.75) is 38.1 Å². The first kappa shape index (κ1) is 17.6. The number of halogens is 1. The van der Waals surface area contributed by atoms with Gasteiger partial charge in [-0.2, -0.15) is 0 Å². The molecule has 0 amide bonds. The van der Waals surface area contributed by atoms with Crippen LogP contribution in [-0.2, 0) is 16.6 Å². The van der Waals surface area contributed by atoms with Crippen molar-refractivity contribution in [2.24, 2.45) is 5.92 Å². The Morgan fingerprint density at radius 3 is 2.45 bits per heavy atom. The van der Waals surface area contributed by atoms with E-state index in [-0.39, 0.29) is 0 Å². The lowest BCUT2D eigenvalue weighted by Crippen LogP contribution is -2.29. The zero-order valence-electron chi connectivity index (χ0n) is 12.2. The van der Waals surface area contributed by atoms with Gasteiger partial charge in [-0.3, -0.25) is 0 Å². The van der Waals surface area contributed by atoms with Gasteiger partial charge in [-0.1, -0.05) is 32.8 Å². The van der Waals surface area contributed by atoms with Crippen LogP contribution in [0.4, 0.5) is 0 Å². The molecule has 0 aliphatic carbocycles. The largest absolute Gasteiger partial charge is 0.316 e. The summed E-state index contributed by atoms with van der Waals surface area (Å²) in [6, 6.07) is 5.38. The Labute approximate surface area is 130 Å². The Bertz CT molecular complexity index is 528. The molecule has 0 saturated carbocycles. The van der Waals surface area contributed by atoms with Crippen LogP contribution in [0, 0.1) is 5.92 Å². The van der Waals surface area contributed by atoms with Crippen molar-refractivity contribution in [1.29, 1.82) is 0 Å². The quantitative estimate of drug-likeness (QED) is 0.747. The summed E-state index contributed by atoms with van der Waals surface area (Å²) in [7, 11) is -1.64. The predicted octanol–water partition coefficient (Wildman–Crippen LogP) is 2.88. The highest BCUT2D eigenvalue weighted by molar-refractivity contribution is 9.10. The molecule has 0 spiro atoms. The first-order chi connectivity index (χ1) is 9.44. The Balaban J connectivity index is 2.93. The molecule has 2 N–H and O–H groups in total. The van der Waals surface area contributed by atoms with Crippen molar-refractivity contribution in [3.05, 3.63) is 28.2 Å². The van der Waals surface area contributed by atoms with Crippen LogP contribution >= 0.6 is 15.9 Å². The van der Waals surface area contributed by atoms with E-state index in [0.717, 1.165) is 18.4 Å². The van der Waals surface area contributed by atoms with Crippen molar-refractivity contribution in [3.8, 4) is 0 Å². The normalized spacial score (nSPS) is 12.1. The molecule has 4 nitrogen and oxygen atoms in total. The zero-order valence-corrected chi connectivity index (χ0v) is 14.6. The van der Waals surface area contributed by atoms with Crippen LogP contribution in [0.1, 0.15) is 32.3 Å². The molecule has 0 aromatic heterocycles. The highest BCUT2D eigenvalue weighted by Crippen LogP contribution is 2.23. The fourth-order valence-corrected chi connectivity index (χ4v) is 4.08. The van der Waals surface area contributed by atoms with Crippen molar-refractivity contribution < 1.29 is 8.42 Å². The van der Waals surface area contributed by atoms with E-state index >= 15 is 0 Å². The fraction of sp³-hybridized carbons (Fsp3) is 0.571. The molecule has 0 heterocycles. The second kappa shape index (κ2) is 8.12. The molecule has 1 aromatic carbocycles. The van der Waals surface area contributed by atoms with Crippen LogP contribution in [0.5, 0.6) is 0 Å². The molecule has 1 aromatic rings. The average molecular weight is 363 g/mol. The van der Waals surface area contributed by atoms with Gasteiger partial charge in [0.1, 0.15) is 0 Å². The molecule has 0 radical (unpaired) electrons. The summed E-state index contributed by atoms with van der Waals surface area (Å²) >= 11 is 3.32. The lowest BCUT2D eigenvalue weighted by atomic mass is 10.0. The second-order valence-electron chi connectivity index (χ2n) is 4.83. The maximum absolute atomic E-state index is 12.4.